The molecule has 0 aliphatic heterocycles. The zero-order valence-corrected chi connectivity index (χ0v) is 13.2. The second-order valence-corrected chi connectivity index (χ2v) is 5.71. The van der Waals surface area contributed by atoms with Crippen LogP contribution in [0.1, 0.15) is 49.4 Å². The fraction of sp³-hybridized carbons (Fsp3) is 0.368. The molecule has 2 N–H and O–H groups in total. The molecule has 0 fully saturated rings. The van der Waals surface area contributed by atoms with Gasteiger partial charge in [-0.2, -0.15) is 0 Å². The first-order chi connectivity index (χ1) is 10.1. The minimum atomic E-state index is 0.0167. The third-order valence-electron chi connectivity index (χ3n) is 3.70. The molecular formula is C19H25NO. The van der Waals surface area contributed by atoms with E-state index in [9.17, 15) is 0 Å². The van der Waals surface area contributed by atoms with Gasteiger partial charge in [-0.15, -0.1) is 0 Å². The summed E-state index contributed by atoms with van der Waals surface area (Å²) in [4.78, 5) is 0. The van der Waals surface area contributed by atoms with Crippen LogP contribution in [0.15, 0.2) is 48.5 Å². The zero-order chi connectivity index (χ0) is 15.2. The summed E-state index contributed by atoms with van der Waals surface area (Å²) in [6, 6.07) is 16.8. The molecule has 2 nitrogen and oxygen atoms in total. The van der Waals surface area contributed by atoms with E-state index >= 15 is 0 Å². The molecule has 1 unspecified atom stereocenters. The molecule has 21 heavy (non-hydrogen) atoms. The van der Waals surface area contributed by atoms with Crippen LogP contribution in [0.5, 0.6) is 5.75 Å². The molecular weight excluding hydrogens is 258 g/mol. The van der Waals surface area contributed by atoms with Gasteiger partial charge in [-0.05, 0) is 48.1 Å². The molecule has 0 saturated heterocycles. The largest absolute Gasteiger partial charge is 0.494 e. The summed E-state index contributed by atoms with van der Waals surface area (Å²) >= 11 is 0. The molecule has 1 atom stereocenters. The average molecular weight is 283 g/mol. The topological polar surface area (TPSA) is 35.2 Å². The van der Waals surface area contributed by atoms with Gasteiger partial charge in [0, 0.05) is 6.04 Å². The Morgan fingerprint density at radius 1 is 1.00 bits per heavy atom. The van der Waals surface area contributed by atoms with Gasteiger partial charge in [0.1, 0.15) is 5.75 Å². The van der Waals surface area contributed by atoms with Crippen LogP contribution in [0.4, 0.5) is 0 Å². The van der Waals surface area contributed by atoms with E-state index in [0.29, 0.717) is 12.5 Å². The van der Waals surface area contributed by atoms with E-state index in [1.807, 2.05) is 19.1 Å². The Hall–Kier alpha value is -1.80. The van der Waals surface area contributed by atoms with Crippen molar-refractivity contribution in [2.75, 3.05) is 6.61 Å². The maximum absolute atomic E-state index is 6.34. The predicted molar refractivity (Wildman–Crippen MR) is 88.8 cm³/mol. The lowest BCUT2D eigenvalue weighted by molar-refractivity contribution is 0.340. The molecule has 0 bridgehead atoms. The van der Waals surface area contributed by atoms with Crippen LogP contribution in [0.3, 0.4) is 0 Å². The van der Waals surface area contributed by atoms with Crippen LogP contribution in [0.2, 0.25) is 0 Å². The van der Waals surface area contributed by atoms with Gasteiger partial charge < -0.3 is 10.5 Å². The van der Waals surface area contributed by atoms with Crippen molar-refractivity contribution < 1.29 is 4.74 Å². The van der Waals surface area contributed by atoms with Gasteiger partial charge >= 0.3 is 0 Å². The van der Waals surface area contributed by atoms with Gasteiger partial charge in [0.2, 0.25) is 0 Å². The third kappa shape index (κ3) is 4.33. The van der Waals surface area contributed by atoms with E-state index in [-0.39, 0.29) is 6.04 Å². The molecule has 0 heterocycles. The summed E-state index contributed by atoms with van der Waals surface area (Å²) in [6.07, 6.45) is 0.821. The highest BCUT2D eigenvalue weighted by atomic mass is 16.5. The molecule has 2 rings (SSSR count). The van der Waals surface area contributed by atoms with Gasteiger partial charge in [-0.1, -0.05) is 50.2 Å². The lowest BCUT2D eigenvalue weighted by atomic mass is 9.96. The van der Waals surface area contributed by atoms with Gasteiger partial charge in [0.05, 0.1) is 6.61 Å². The summed E-state index contributed by atoms with van der Waals surface area (Å²) in [5.41, 5.74) is 10.1. The van der Waals surface area contributed by atoms with Crippen molar-refractivity contribution in [2.24, 2.45) is 5.73 Å². The second kappa shape index (κ2) is 7.28. The summed E-state index contributed by atoms with van der Waals surface area (Å²) < 4.78 is 5.54. The van der Waals surface area contributed by atoms with Crippen LogP contribution in [0.25, 0.3) is 0 Å². The number of hydrogen-bond acceptors (Lipinski definition) is 2. The monoisotopic (exact) mass is 283 g/mol. The van der Waals surface area contributed by atoms with E-state index in [0.717, 1.165) is 12.2 Å². The van der Waals surface area contributed by atoms with Gasteiger partial charge in [-0.3, -0.25) is 0 Å². The molecule has 112 valence electrons. The van der Waals surface area contributed by atoms with Crippen molar-refractivity contribution in [1.29, 1.82) is 0 Å². The quantitative estimate of drug-likeness (QED) is 0.850. The van der Waals surface area contributed by atoms with E-state index in [4.69, 9.17) is 10.5 Å². The first-order valence-electron chi connectivity index (χ1n) is 7.67. The van der Waals surface area contributed by atoms with Crippen LogP contribution >= 0.6 is 0 Å². The summed E-state index contributed by atoms with van der Waals surface area (Å²) in [5.74, 6) is 1.47. The fourth-order valence-corrected chi connectivity index (χ4v) is 2.43. The van der Waals surface area contributed by atoms with Crippen molar-refractivity contribution in [3.63, 3.8) is 0 Å². The molecule has 2 aromatic carbocycles. The minimum Gasteiger partial charge on any atom is -0.494 e. The molecule has 0 aromatic heterocycles. The summed E-state index contributed by atoms with van der Waals surface area (Å²) in [5, 5.41) is 0. The van der Waals surface area contributed by atoms with Crippen molar-refractivity contribution >= 4 is 0 Å². The smallest absolute Gasteiger partial charge is 0.119 e. The SMILES string of the molecule is CCOc1cccc(CC(N)c2ccc(C(C)C)cc2)c1. The molecule has 0 aliphatic rings. The zero-order valence-electron chi connectivity index (χ0n) is 13.2. The molecule has 2 aromatic rings. The minimum absolute atomic E-state index is 0.0167. The van der Waals surface area contributed by atoms with Crippen molar-refractivity contribution in [2.45, 2.75) is 39.2 Å². The van der Waals surface area contributed by atoms with Crippen LogP contribution in [-0.4, -0.2) is 6.61 Å². The lowest BCUT2D eigenvalue weighted by Crippen LogP contribution is -2.13. The normalized spacial score (nSPS) is 12.4. The summed E-state index contributed by atoms with van der Waals surface area (Å²) in [6.45, 7) is 7.09. The van der Waals surface area contributed by atoms with Crippen LogP contribution in [0, 0.1) is 0 Å². The van der Waals surface area contributed by atoms with Crippen molar-refractivity contribution in [3.8, 4) is 5.75 Å². The second-order valence-electron chi connectivity index (χ2n) is 5.71. The Morgan fingerprint density at radius 2 is 1.67 bits per heavy atom. The van der Waals surface area contributed by atoms with Gasteiger partial charge in [0.15, 0.2) is 0 Å². The van der Waals surface area contributed by atoms with Gasteiger partial charge in [0.25, 0.3) is 0 Å². The molecule has 2 heteroatoms. The van der Waals surface area contributed by atoms with Crippen molar-refractivity contribution in [3.05, 3.63) is 65.2 Å². The summed E-state index contributed by atoms with van der Waals surface area (Å²) in [7, 11) is 0. The Kier molecular flexibility index (Phi) is 5.40. The Labute approximate surface area is 127 Å². The first kappa shape index (κ1) is 15.6. The standard InChI is InChI=1S/C19H25NO/c1-4-21-18-7-5-6-15(12-18)13-19(20)17-10-8-16(9-11-17)14(2)3/h5-12,14,19H,4,13,20H2,1-3H3. The van der Waals surface area contributed by atoms with E-state index in [1.54, 1.807) is 0 Å². The van der Waals surface area contributed by atoms with Crippen LogP contribution < -0.4 is 10.5 Å². The van der Waals surface area contributed by atoms with E-state index in [2.05, 4.69) is 50.2 Å². The molecule has 0 amide bonds. The lowest BCUT2D eigenvalue weighted by Gasteiger charge is -2.14. The highest BCUT2D eigenvalue weighted by Crippen LogP contribution is 2.22. The van der Waals surface area contributed by atoms with Gasteiger partial charge in [-0.25, -0.2) is 0 Å². The van der Waals surface area contributed by atoms with E-state index < -0.39 is 0 Å². The average Bonchev–Trinajstić information content (AvgIpc) is 2.48. The third-order valence-corrected chi connectivity index (χ3v) is 3.70. The van der Waals surface area contributed by atoms with Crippen molar-refractivity contribution in [1.82, 2.24) is 0 Å². The molecule has 0 spiro atoms. The Balaban J connectivity index is 2.06. The maximum atomic E-state index is 6.34. The number of rotatable bonds is 6. The molecule has 0 saturated carbocycles. The molecule has 0 radical (unpaired) electrons. The molecule has 0 aliphatic carbocycles. The number of benzene rings is 2. The fourth-order valence-electron chi connectivity index (χ4n) is 2.43. The highest BCUT2D eigenvalue weighted by molar-refractivity contribution is 5.32. The van der Waals surface area contributed by atoms with E-state index in [1.165, 1.54) is 16.7 Å². The Bertz CT molecular complexity index is 560. The number of nitrogens with two attached hydrogens (primary N) is 1. The first-order valence-corrected chi connectivity index (χ1v) is 7.67. The highest BCUT2D eigenvalue weighted by Gasteiger charge is 2.08. The predicted octanol–water partition coefficient (Wildman–Crippen LogP) is 4.45. The number of hydrogen-bond donors (Lipinski definition) is 1. The number of ether oxygens (including phenoxy) is 1. The maximum Gasteiger partial charge on any atom is 0.119 e. The Morgan fingerprint density at radius 3 is 2.29 bits per heavy atom. The van der Waals surface area contributed by atoms with Crippen LogP contribution in [-0.2, 0) is 6.42 Å².